The van der Waals surface area contributed by atoms with Crippen molar-refractivity contribution in [3.05, 3.63) is 29.8 Å². The molecule has 6 nitrogen and oxygen atoms in total. The summed E-state index contributed by atoms with van der Waals surface area (Å²) in [6, 6.07) is 8.42. The summed E-state index contributed by atoms with van der Waals surface area (Å²) in [5.41, 5.74) is 1.67. The molecule has 30 heavy (non-hydrogen) atoms. The Labute approximate surface area is 179 Å². The molecule has 4 aliphatic rings. The molecule has 164 valence electrons. The number of amides is 1. The number of ether oxygens (including phenoxy) is 1. The summed E-state index contributed by atoms with van der Waals surface area (Å²) in [6.45, 7) is 5.26. The molecule has 0 aromatic heterocycles. The van der Waals surface area contributed by atoms with Crippen molar-refractivity contribution in [2.75, 3.05) is 44.3 Å². The Morgan fingerprint density at radius 2 is 1.73 bits per heavy atom. The van der Waals surface area contributed by atoms with Gasteiger partial charge < -0.3 is 20.1 Å². The second kappa shape index (κ2) is 8.85. The number of aliphatic hydroxyl groups excluding tert-OH is 1. The normalized spacial score (nSPS) is 32.9. The zero-order valence-electron chi connectivity index (χ0n) is 17.8. The smallest absolute Gasteiger partial charge is 0.253 e. The number of likely N-dealkylation sites (tertiary alicyclic amines) is 1. The summed E-state index contributed by atoms with van der Waals surface area (Å²) in [4.78, 5) is 18.1. The van der Waals surface area contributed by atoms with Crippen molar-refractivity contribution in [2.24, 2.45) is 11.8 Å². The SMILES string of the molecule is O=C(N[C@H]1C[C@H]2CN(C3CCCC3)C[C@H]2C[C@@H]1O)c1ccccc1N1CCOCC1. The monoisotopic (exact) mass is 413 g/mol. The highest BCUT2D eigenvalue weighted by Gasteiger charge is 2.44. The number of hydrogen-bond acceptors (Lipinski definition) is 5. The Hall–Kier alpha value is -1.63. The molecule has 4 atom stereocenters. The van der Waals surface area contributed by atoms with E-state index in [1.54, 1.807) is 0 Å². The molecule has 5 rings (SSSR count). The van der Waals surface area contributed by atoms with E-state index in [1.807, 2.05) is 24.3 Å². The number of nitrogens with zero attached hydrogens (tertiary/aromatic N) is 2. The van der Waals surface area contributed by atoms with Crippen LogP contribution < -0.4 is 10.2 Å². The maximum absolute atomic E-state index is 13.2. The van der Waals surface area contributed by atoms with Crippen LogP contribution in [0.25, 0.3) is 0 Å². The first-order chi connectivity index (χ1) is 14.7. The van der Waals surface area contributed by atoms with Gasteiger partial charge in [0.15, 0.2) is 0 Å². The van der Waals surface area contributed by atoms with Crippen molar-refractivity contribution in [1.82, 2.24) is 10.2 Å². The third-order valence-electron chi connectivity index (χ3n) is 7.83. The van der Waals surface area contributed by atoms with E-state index in [-0.39, 0.29) is 11.9 Å². The summed E-state index contributed by atoms with van der Waals surface area (Å²) in [5, 5.41) is 14.0. The molecule has 2 heterocycles. The molecule has 2 aliphatic carbocycles. The second-order valence-electron chi connectivity index (χ2n) is 9.65. The molecule has 0 radical (unpaired) electrons. The van der Waals surface area contributed by atoms with E-state index in [2.05, 4.69) is 15.1 Å². The Morgan fingerprint density at radius 3 is 2.50 bits per heavy atom. The van der Waals surface area contributed by atoms with Crippen molar-refractivity contribution in [3.8, 4) is 0 Å². The van der Waals surface area contributed by atoms with Crippen molar-refractivity contribution in [2.45, 2.75) is 56.7 Å². The first-order valence-electron chi connectivity index (χ1n) is 11.8. The van der Waals surface area contributed by atoms with Gasteiger partial charge in [0.05, 0.1) is 30.9 Å². The van der Waals surface area contributed by atoms with Crippen LogP contribution in [0.2, 0.25) is 0 Å². The number of fused-ring (bicyclic) bond motifs is 1. The van der Waals surface area contributed by atoms with E-state index < -0.39 is 6.10 Å². The van der Waals surface area contributed by atoms with Crippen molar-refractivity contribution >= 4 is 11.6 Å². The molecular weight excluding hydrogens is 378 g/mol. The van der Waals surface area contributed by atoms with Crippen LogP contribution in [0.15, 0.2) is 24.3 Å². The Morgan fingerprint density at radius 1 is 1.03 bits per heavy atom. The van der Waals surface area contributed by atoms with Crippen LogP contribution in [0.3, 0.4) is 0 Å². The lowest BCUT2D eigenvalue weighted by atomic mass is 9.77. The van der Waals surface area contributed by atoms with Gasteiger partial charge in [-0.1, -0.05) is 25.0 Å². The van der Waals surface area contributed by atoms with Gasteiger partial charge in [-0.15, -0.1) is 0 Å². The van der Waals surface area contributed by atoms with Gasteiger partial charge in [-0.25, -0.2) is 0 Å². The van der Waals surface area contributed by atoms with E-state index in [1.165, 1.54) is 25.7 Å². The molecule has 2 aliphatic heterocycles. The van der Waals surface area contributed by atoms with Crippen LogP contribution in [-0.2, 0) is 4.74 Å². The number of rotatable bonds is 4. The molecule has 1 amide bonds. The maximum Gasteiger partial charge on any atom is 0.253 e. The molecule has 1 aromatic rings. The molecule has 2 saturated heterocycles. The predicted octanol–water partition coefficient (Wildman–Crippen LogP) is 2.27. The van der Waals surface area contributed by atoms with E-state index in [9.17, 15) is 9.90 Å². The zero-order valence-corrected chi connectivity index (χ0v) is 17.8. The molecule has 0 bridgehead atoms. The number of hydrogen-bond donors (Lipinski definition) is 2. The Bertz CT molecular complexity index is 745. The number of morpholine rings is 1. The van der Waals surface area contributed by atoms with E-state index in [0.717, 1.165) is 50.7 Å². The third-order valence-corrected chi connectivity index (χ3v) is 7.83. The van der Waals surface area contributed by atoms with E-state index >= 15 is 0 Å². The van der Waals surface area contributed by atoms with Crippen molar-refractivity contribution in [3.63, 3.8) is 0 Å². The summed E-state index contributed by atoms with van der Waals surface area (Å²) < 4.78 is 5.46. The molecule has 2 saturated carbocycles. The van der Waals surface area contributed by atoms with Crippen molar-refractivity contribution in [1.29, 1.82) is 0 Å². The van der Waals surface area contributed by atoms with Crippen LogP contribution in [0.1, 0.15) is 48.9 Å². The fourth-order valence-electron chi connectivity index (χ4n) is 6.18. The Kier molecular flexibility index (Phi) is 5.98. The number of carbonyl (C=O) groups excluding carboxylic acids is 1. The first kappa shape index (κ1) is 20.3. The highest BCUT2D eigenvalue weighted by atomic mass is 16.5. The van der Waals surface area contributed by atoms with Gasteiger partial charge in [0.25, 0.3) is 5.91 Å². The summed E-state index contributed by atoms with van der Waals surface area (Å²) in [5.74, 6) is 1.11. The Balaban J connectivity index is 1.24. The highest BCUT2D eigenvalue weighted by Crippen LogP contribution is 2.39. The zero-order chi connectivity index (χ0) is 20.5. The van der Waals surface area contributed by atoms with Crippen LogP contribution in [-0.4, -0.2) is 73.5 Å². The predicted molar refractivity (Wildman–Crippen MR) is 117 cm³/mol. The van der Waals surface area contributed by atoms with Crippen LogP contribution in [0.4, 0.5) is 5.69 Å². The summed E-state index contributed by atoms with van der Waals surface area (Å²) in [6.07, 6.45) is 6.64. The van der Waals surface area contributed by atoms with Crippen LogP contribution >= 0.6 is 0 Å². The lowest BCUT2D eigenvalue weighted by Crippen LogP contribution is -2.49. The molecule has 0 unspecified atom stereocenters. The third kappa shape index (κ3) is 4.10. The average Bonchev–Trinajstić information content (AvgIpc) is 3.44. The minimum atomic E-state index is -0.450. The number of carbonyl (C=O) groups is 1. The van der Waals surface area contributed by atoms with Gasteiger partial charge in [-0.3, -0.25) is 9.69 Å². The highest BCUT2D eigenvalue weighted by molar-refractivity contribution is 6.00. The molecule has 0 spiro atoms. The molecule has 4 fully saturated rings. The van der Waals surface area contributed by atoms with Gasteiger partial charge >= 0.3 is 0 Å². The lowest BCUT2D eigenvalue weighted by Gasteiger charge is -2.36. The van der Waals surface area contributed by atoms with Gasteiger partial charge in [-0.2, -0.15) is 0 Å². The van der Waals surface area contributed by atoms with Gasteiger partial charge in [-0.05, 0) is 49.7 Å². The maximum atomic E-state index is 13.2. The van der Waals surface area contributed by atoms with Crippen LogP contribution in [0.5, 0.6) is 0 Å². The second-order valence-corrected chi connectivity index (χ2v) is 9.65. The number of nitrogens with one attached hydrogen (secondary N) is 1. The summed E-state index contributed by atoms with van der Waals surface area (Å²) in [7, 11) is 0. The van der Waals surface area contributed by atoms with Gasteiger partial charge in [0.2, 0.25) is 0 Å². The molecule has 6 heteroatoms. The van der Waals surface area contributed by atoms with Crippen LogP contribution in [0, 0.1) is 11.8 Å². The first-order valence-corrected chi connectivity index (χ1v) is 11.8. The van der Waals surface area contributed by atoms with E-state index in [0.29, 0.717) is 30.6 Å². The summed E-state index contributed by atoms with van der Waals surface area (Å²) >= 11 is 0. The molecule has 2 N–H and O–H groups in total. The minimum absolute atomic E-state index is 0.0646. The fourth-order valence-corrected chi connectivity index (χ4v) is 6.18. The molecule has 1 aromatic carbocycles. The fraction of sp³-hybridized carbons (Fsp3) is 0.708. The minimum Gasteiger partial charge on any atom is -0.391 e. The topological polar surface area (TPSA) is 65.0 Å². The number of aliphatic hydroxyl groups is 1. The lowest BCUT2D eigenvalue weighted by molar-refractivity contribution is 0.0461. The van der Waals surface area contributed by atoms with Gasteiger partial charge in [0, 0.05) is 37.9 Å². The average molecular weight is 414 g/mol. The van der Waals surface area contributed by atoms with Crippen molar-refractivity contribution < 1.29 is 14.6 Å². The van der Waals surface area contributed by atoms with E-state index in [4.69, 9.17) is 4.74 Å². The quantitative estimate of drug-likeness (QED) is 0.793. The standard InChI is InChI=1S/C24H35N3O3/c28-23-14-18-16-27(19-5-1-2-6-19)15-17(18)13-21(23)25-24(29)20-7-3-4-8-22(20)26-9-11-30-12-10-26/h3-4,7-8,17-19,21,23,28H,1-2,5-6,9-16H2,(H,25,29)/t17-,18+,21-,23-/m0/s1. The number of para-hydroxylation sites is 1. The number of anilines is 1. The molecular formula is C24H35N3O3. The number of benzene rings is 1. The largest absolute Gasteiger partial charge is 0.391 e. The van der Waals surface area contributed by atoms with Gasteiger partial charge in [0.1, 0.15) is 0 Å².